The molecule has 2 fully saturated rings. The molecule has 2 saturated heterocycles. The fraction of sp³-hybridized carbons (Fsp3) is 0.162. The van der Waals surface area contributed by atoms with Gasteiger partial charge in [-0.3, -0.25) is 10.1 Å². The lowest BCUT2D eigenvalue weighted by molar-refractivity contribution is -0.387. The summed E-state index contributed by atoms with van der Waals surface area (Å²) < 4.78 is 83.6. The third-order valence-electron chi connectivity index (χ3n) is 16.6. The first-order valence-corrected chi connectivity index (χ1v) is 29.7. The molecule has 17 nitrogen and oxygen atoms in total. The number of ether oxygens (including phenoxy) is 12. The van der Waals surface area contributed by atoms with Crippen LogP contribution in [0.1, 0.15) is 71.5 Å². The zero-order chi connectivity index (χ0) is 61.5. The Bertz CT molecular complexity index is 4240. The monoisotopic (exact) mass is 1210 g/mol. The van der Waals surface area contributed by atoms with E-state index < -0.39 is 72.0 Å². The van der Waals surface area contributed by atoms with E-state index in [0.717, 1.165) is 11.1 Å². The Morgan fingerprint density at radius 2 is 0.857 bits per heavy atom. The maximum absolute atomic E-state index is 16.6. The van der Waals surface area contributed by atoms with E-state index >= 15 is 9.59 Å². The lowest BCUT2D eigenvalue weighted by Crippen LogP contribution is -2.64. The Balaban J connectivity index is 0.994. The second kappa shape index (κ2) is 23.9. The van der Waals surface area contributed by atoms with Gasteiger partial charge in [0.2, 0.25) is 11.5 Å². The van der Waals surface area contributed by atoms with Crippen molar-refractivity contribution < 1.29 is 71.4 Å². The largest absolute Gasteiger partial charge is 0.485 e. The van der Waals surface area contributed by atoms with Crippen LogP contribution in [0.2, 0.25) is 0 Å². The van der Waals surface area contributed by atoms with Crippen LogP contribution in [-0.2, 0) is 59.8 Å². The molecule has 17 heteroatoms. The topological polar surface area (TPSA) is 188 Å². The normalized spacial score (nSPS) is 20.5. The number of carbonyl (C=O) groups excluding carboxylic acids is 2. The highest BCUT2D eigenvalue weighted by atomic mass is 16.8. The summed E-state index contributed by atoms with van der Waals surface area (Å²) in [4.78, 5) is 45.0. The standard InChI is InChI=1S/C74H55NO16/c76-69-54-40-57(80-42-46-24-8-1-9-25-46)63-65(90-73(88-63,50-31-14-4-15-32-50)51-33-16-5-17-34-51)60(54)61-55(41-58(81-43-47-26-10-2-11-27-47)64-66(61)91-74(89-64,52-35-18-6-19-36-52)53-37-20-7-21-38-53)70(77)86-68-67(85-69)62-59(45-83-71(87-62)48-28-12-3-13-29-48)84-72(68)82-44-49-30-22-23-39-56(49)75(78)79/h1-41,59,62,67-68,71-72H,42-45H2/t59-,62-,67+,68-,71-,72-/m1/s1. The van der Waals surface area contributed by atoms with E-state index in [0.29, 0.717) is 27.8 Å². The molecule has 0 aliphatic carbocycles. The first-order chi connectivity index (χ1) is 44.7. The fourth-order valence-corrected chi connectivity index (χ4v) is 12.3. The van der Waals surface area contributed by atoms with Crippen molar-refractivity contribution in [3.63, 3.8) is 0 Å². The Labute approximate surface area is 521 Å². The molecule has 0 bridgehead atoms. The average Bonchev–Trinajstić information content (AvgIpc) is 1.59. The average molecular weight is 1210 g/mol. The summed E-state index contributed by atoms with van der Waals surface area (Å²) in [5.74, 6) is -5.40. The molecule has 6 atom stereocenters. The van der Waals surface area contributed by atoms with Crippen molar-refractivity contribution in [1.29, 1.82) is 0 Å². The van der Waals surface area contributed by atoms with Crippen molar-refractivity contribution in [2.45, 2.75) is 68.4 Å². The number of rotatable bonds is 15. The van der Waals surface area contributed by atoms with E-state index in [1.807, 2.05) is 212 Å². The van der Waals surface area contributed by atoms with E-state index in [-0.39, 0.29) is 87.8 Å². The third-order valence-corrected chi connectivity index (χ3v) is 16.6. The van der Waals surface area contributed by atoms with Gasteiger partial charge < -0.3 is 56.8 Å². The third kappa shape index (κ3) is 10.5. The van der Waals surface area contributed by atoms with Gasteiger partial charge in [-0.25, -0.2) is 9.59 Å². The Hall–Kier alpha value is -10.8. The molecule has 5 aliphatic heterocycles. The van der Waals surface area contributed by atoms with Crippen molar-refractivity contribution in [2.75, 3.05) is 6.61 Å². The summed E-state index contributed by atoms with van der Waals surface area (Å²) in [6, 6.07) is 74.5. The van der Waals surface area contributed by atoms with Gasteiger partial charge in [0.15, 0.2) is 47.8 Å². The van der Waals surface area contributed by atoms with Gasteiger partial charge in [-0.1, -0.05) is 224 Å². The SMILES string of the molecule is O=C1O[C@@H]2[C@@H](OC(=O)c3cc(OCc4ccccc4)c4c(c3-c3c1cc(OCc1ccccc1)c1c3OC(c3ccccc3)(c3ccccc3)O1)OC(c1ccccc1)(c1ccccc1)O4)[C@H](OCc1ccccc1[N+](=O)[O-])O[C@@H]1CO[C@@H](c3ccccc3)O[C@@H]21. The molecule has 10 aromatic rings. The number of nitro groups is 1. The quantitative estimate of drug-likeness (QED) is 0.0535. The van der Waals surface area contributed by atoms with Gasteiger partial charge in [-0.2, -0.15) is 0 Å². The predicted molar refractivity (Wildman–Crippen MR) is 328 cm³/mol. The molecule has 5 aliphatic rings. The van der Waals surface area contributed by atoms with Crippen LogP contribution in [0, 0.1) is 10.1 Å². The van der Waals surface area contributed by atoms with Gasteiger partial charge in [0, 0.05) is 45.0 Å². The molecule has 0 unspecified atom stereocenters. The van der Waals surface area contributed by atoms with Crippen LogP contribution in [0.5, 0.6) is 34.5 Å². The maximum atomic E-state index is 16.6. The molecular formula is C74H55NO16. The first-order valence-electron chi connectivity index (χ1n) is 29.7. The number of nitrogens with zero attached hydrogens (tertiary/aromatic N) is 1. The maximum Gasteiger partial charge on any atom is 0.339 e. The number of para-hydroxylation sites is 1. The molecule has 0 saturated carbocycles. The summed E-state index contributed by atoms with van der Waals surface area (Å²) in [7, 11) is 0. The molecule has 91 heavy (non-hydrogen) atoms. The number of fused-ring (bicyclic) bond motifs is 10. The molecule has 15 rings (SSSR count). The fourth-order valence-electron chi connectivity index (χ4n) is 12.3. The van der Waals surface area contributed by atoms with Crippen molar-refractivity contribution in [3.05, 3.63) is 314 Å². The zero-order valence-corrected chi connectivity index (χ0v) is 48.4. The minimum absolute atomic E-state index is 0.00129. The summed E-state index contributed by atoms with van der Waals surface area (Å²) in [5.41, 5.74) is 3.98. The highest BCUT2D eigenvalue weighted by Gasteiger charge is 2.58. The van der Waals surface area contributed by atoms with Crippen molar-refractivity contribution >= 4 is 17.6 Å². The van der Waals surface area contributed by atoms with Crippen LogP contribution in [0.15, 0.2) is 249 Å². The highest BCUT2D eigenvalue weighted by Crippen LogP contribution is 2.64. The first kappa shape index (κ1) is 56.7. The molecule has 0 amide bonds. The van der Waals surface area contributed by atoms with Crippen LogP contribution in [0.4, 0.5) is 5.69 Å². The van der Waals surface area contributed by atoms with Crippen LogP contribution in [0.3, 0.4) is 0 Å². The van der Waals surface area contributed by atoms with E-state index in [1.165, 1.54) is 24.3 Å². The predicted octanol–water partition coefficient (Wildman–Crippen LogP) is 13.9. The number of esters is 2. The minimum Gasteiger partial charge on any atom is -0.485 e. The second-order valence-corrected chi connectivity index (χ2v) is 22.2. The van der Waals surface area contributed by atoms with E-state index in [2.05, 4.69) is 0 Å². The highest BCUT2D eigenvalue weighted by molar-refractivity contribution is 6.09. The van der Waals surface area contributed by atoms with Gasteiger partial charge in [0.05, 0.1) is 34.8 Å². The van der Waals surface area contributed by atoms with Crippen LogP contribution in [-0.4, -0.2) is 54.2 Å². The molecule has 5 heterocycles. The number of nitro benzene ring substituents is 1. The minimum atomic E-state index is -1.78. The number of hydrogen-bond acceptors (Lipinski definition) is 16. The van der Waals surface area contributed by atoms with Gasteiger partial charge in [0.25, 0.3) is 5.69 Å². The van der Waals surface area contributed by atoms with Crippen LogP contribution in [0.25, 0.3) is 11.1 Å². The molecule has 0 N–H and O–H groups in total. The van der Waals surface area contributed by atoms with Crippen LogP contribution < -0.4 is 28.4 Å². The van der Waals surface area contributed by atoms with Crippen molar-refractivity contribution in [2.24, 2.45) is 0 Å². The van der Waals surface area contributed by atoms with Crippen LogP contribution >= 0.6 is 0 Å². The number of carbonyl (C=O) groups is 2. The Morgan fingerprint density at radius 3 is 1.32 bits per heavy atom. The second-order valence-electron chi connectivity index (χ2n) is 22.2. The van der Waals surface area contributed by atoms with Crippen molar-refractivity contribution in [3.8, 4) is 45.6 Å². The molecule has 0 aromatic heterocycles. The zero-order valence-electron chi connectivity index (χ0n) is 48.4. The molecule has 0 radical (unpaired) electrons. The number of benzene rings is 10. The van der Waals surface area contributed by atoms with Crippen molar-refractivity contribution in [1.82, 2.24) is 0 Å². The van der Waals surface area contributed by atoms with Gasteiger partial charge in [0.1, 0.15) is 25.4 Å². The number of hydrogen-bond donors (Lipinski definition) is 0. The Morgan fingerprint density at radius 1 is 0.451 bits per heavy atom. The lowest BCUT2D eigenvalue weighted by Gasteiger charge is -2.48. The summed E-state index contributed by atoms with van der Waals surface area (Å²) in [6.07, 6.45) is -8.05. The van der Waals surface area contributed by atoms with E-state index in [4.69, 9.17) is 56.8 Å². The Kier molecular flexibility index (Phi) is 14.9. The van der Waals surface area contributed by atoms with E-state index in [1.54, 1.807) is 12.1 Å². The molecular weight excluding hydrogens is 1160 g/mol. The molecule has 0 spiro atoms. The summed E-state index contributed by atoms with van der Waals surface area (Å²) in [5, 5.41) is 12.4. The van der Waals surface area contributed by atoms with Gasteiger partial charge in [-0.05, 0) is 29.3 Å². The lowest BCUT2D eigenvalue weighted by atomic mass is 9.90. The summed E-state index contributed by atoms with van der Waals surface area (Å²) in [6.45, 7) is -0.527. The summed E-state index contributed by atoms with van der Waals surface area (Å²) >= 11 is 0. The van der Waals surface area contributed by atoms with Gasteiger partial charge >= 0.3 is 23.5 Å². The molecule has 10 aromatic carbocycles. The van der Waals surface area contributed by atoms with Gasteiger partial charge in [-0.15, -0.1) is 0 Å². The smallest absolute Gasteiger partial charge is 0.339 e. The van der Waals surface area contributed by atoms with E-state index in [9.17, 15) is 10.1 Å². The molecule has 452 valence electrons.